The molecule has 192 valence electrons. The summed E-state index contributed by atoms with van der Waals surface area (Å²) in [7, 11) is 1.84. The number of rotatable bonds is 6. The van der Waals surface area contributed by atoms with Gasteiger partial charge in [-0.1, -0.05) is 13.8 Å². The molecule has 4 rings (SSSR count). The van der Waals surface area contributed by atoms with E-state index in [4.69, 9.17) is 0 Å². The highest BCUT2D eigenvalue weighted by Crippen LogP contribution is 2.35. The summed E-state index contributed by atoms with van der Waals surface area (Å²) in [6.07, 6.45) is 2.34. The molecule has 3 aromatic rings. The van der Waals surface area contributed by atoms with Gasteiger partial charge < -0.3 is 10.2 Å². The van der Waals surface area contributed by atoms with Crippen LogP contribution in [-0.4, -0.2) is 74.4 Å². The first-order valence-electron chi connectivity index (χ1n) is 11.9. The van der Waals surface area contributed by atoms with Crippen molar-refractivity contribution < 1.29 is 18.4 Å². The molecule has 0 spiro atoms. The molecule has 0 unspecified atom stereocenters. The summed E-state index contributed by atoms with van der Waals surface area (Å²) >= 11 is 1.63. The van der Waals surface area contributed by atoms with Gasteiger partial charge in [0.15, 0.2) is 5.65 Å². The van der Waals surface area contributed by atoms with Gasteiger partial charge in [-0.2, -0.15) is 5.10 Å². The third-order valence-electron chi connectivity index (χ3n) is 6.01. The molecule has 0 atom stereocenters. The van der Waals surface area contributed by atoms with E-state index >= 15 is 0 Å². The Morgan fingerprint density at radius 2 is 1.94 bits per heavy atom. The molecule has 0 radical (unpaired) electrons. The van der Waals surface area contributed by atoms with Gasteiger partial charge in [0.1, 0.15) is 11.6 Å². The second-order valence-electron chi connectivity index (χ2n) is 9.17. The molecule has 1 aliphatic rings. The number of aryl methyl sites for hydroxylation is 2. The molecule has 0 aliphatic carbocycles. The van der Waals surface area contributed by atoms with Gasteiger partial charge in [0, 0.05) is 55.6 Å². The zero-order chi connectivity index (χ0) is 26.0. The van der Waals surface area contributed by atoms with Gasteiger partial charge >= 0.3 is 0 Å². The summed E-state index contributed by atoms with van der Waals surface area (Å²) in [6, 6.07) is 3.03. The van der Waals surface area contributed by atoms with E-state index < -0.39 is 17.5 Å². The Kier molecular flexibility index (Phi) is 7.89. The standard InChI is InChI=1S/C25H30F2N6O2S/c1-15(2)36-23-18(13-28-24-22(23)16(3)30-31(24)4)25(35)33-9-5-8-32(10-11-33)14-21(34)29-20-7-6-17(26)12-19(20)27/h6-7,12-13,15H,5,8-11,14H2,1-4H3,(H,29,34). The Bertz CT molecular complexity index is 1300. The van der Waals surface area contributed by atoms with Crippen molar-refractivity contribution in [1.82, 2.24) is 24.6 Å². The number of carbonyl (C=O) groups is 2. The highest BCUT2D eigenvalue weighted by atomic mass is 32.2. The molecule has 1 aliphatic heterocycles. The number of anilines is 1. The quantitative estimate of drug-likeness (QED) is 0.502. The van der Waals surface area contributed by atoms with Crippen LogP contribution in [0.25, 0.3) is 11.0 Å². The highest BCUT2D eigenvalue weighted by molar-refractivity contribution is 8.00. The Hall–Kier alpha value is -3.05. The van der Waals surface area contributed by atoms with Crippen LogP contribution >= 0.6 is 11.8 Å². The minimum atomic E-state index is -0.819. The predicted molar refractivity (Wildman–Crippen MR) is 136 cm³/mol. The van der Waals surface area contributed by atoms with E-state index in [9.17, 15) is 18.4 Å². The van der Waals surface area contributed by atoms with Crippen molar-refractivity contribution >= 4 is 40.3 Å². The van der Waals surface area contributed by atoms with Gasteiger partial charge in [-0.3, -0.25) is 19.2 Å². The molecule has 2 amide bonds. The first-order chi connectivity index (χ1) is 17.1. The predicted octanol–water partition coefficient (Wildman–Crippen LogP) is 3.84. The fourth-order valence-corrected chi connectivity index (χ4v) is 5.47. The summed E-state index contributed by atoms with van der Waals surface area (Å²) in [4.78, 5) is 35.3. The Morgan fingerprint density at radius 3 is 2.67 bits per heavy atom. The number of carbonyl (C=O) groups excluding carboxylic acids is 2. The summed E-state index contributed by atoms with van der Waals surface area (Å²) in [5.41, 5.74) is 2.09. The van der Waals surface area contributed by atoms with Crippen LogP contribution in [0.4, 0.5) is 14.5 Å². The summed E-state index contributed by atoms with van der Waals surface area (Å²) in [5.74, 6) is -2.00. The summed E-state index contributed by atoms with van der Waals surface area (Å²) in [6.45, 7) is 8.28. The number of amides is 2. The number of thioether (sulfide) groups is 1. The normalized spacial score (nSPS) is 14.9. The monoisotopic (exact) mass is 516 g/mol. The van der Waals surface area contributed by atoms with Crippen molar-refractivity contribution in [2.75, 3.05) is 38.0 Å². The fourth-order valence-electron chi connectivity index (χ4n) is 4.38. The van der Waals surface area contributed by atoms with Crippen molar-refractivity contribution in [1.29, 1.82) is 0 Å². The molecule has 36 heavy (non-hydrogen) atoms. The van der Waals surface area contributed by atoms with Crippen molar-refractivity contribution in [3.8, 4) is 0 Å². The lowest BCUT2D eigenvalue weighted by atomic mass is 10.1. The number of pyridine rings is 1. The maximum Gasteiger partial charge on any atom is 0.256 e. The minimum absolute atomic E-state index is 0.0513. The van der Waals surface area contributed by atoms with Crippen LogP contribution in [-0.2, 0) is 11.8 Å². The van der Waals surface area contributed by atoms with Crippen LogP contribution in [0.5, 0.6) is 0 Å². The average molecular weight is 517 g/mol. The molecule has 0 saturated carbocycles. The number of benzene rings is 1. The van der Waals surface area contributed by atoms with Gasteiger partial charge in [-0.15, -0.1) is 11.8 Å². The van der Waals surface area contributed by atoms with Gasteiger partial charge in [0.25, 0.3) is 5.91 Å². The van der Waals surface area contributed by atoms with Crippen LogP contribution in [0, 0.1) is 18.6 Å². The maximum absolute atomic E-state index is 13.9. The molecular formula is C25H30F2N6O2S. The molecule has 8 nitrogen and oxygen atoms in total. The maximum atomic E-state index is 13.9. The van der Waals surface area contributed by atoms with Crippen molar-refractivity contribution in [3.05, 3.63) is 47.3 Å². The number of nitrogens with one attached hydrogen (secondary N) is 1. The minimum Gasteiger partial charge on any atom is -0.337 e. The van der Waals surface area contributed by atoms with Gasteiger partial charge in [0.2, 0.25) is 5.91 Å². The first-order valence-corrected chi connectivity index (χ1v) is 12.8. The molecule has 0 bridgehead atoms. The SMILES string of the molecule is Cc1nn(C)c2ncc(C(=O)N3CCCN(CC(=O)Nc4ccc(F)cc4F)CC3)c(SC(C)C)c12. The second kappa shape index (κ2) is 10.9. The number of hydrogen-bond donors (Lipinski definition) is 1. The van der Waals surface area contributed by atoms with E-state index in [0.717, 1.165) is 33.8 Å². The van der Waals surface area contributed by atoms with Crippen LogP contribution in [0.1, 0.15) is 36.3 Å². The number of fused-ring (bicyclic) bond motifs is 1. The third-order valence-corrected chi connectivity index (χ3v) is 7.14. The lowest BCUT2D eigenvalue weighted by molar-refractivity contribution is -0.117. The zero-order valence-electron chi connectivity index (χ0n) is 20.8. The fraction of sp³-hybridized carbons (Fsp3) is 0.440. The molecule has 3 heterocycles. The first kappa shape index (κ1) is 26.0. The molecule has 1 aromatic carbocycles. The summed E-state index contributed by atoms with van der Waals surface area (Å²) in [5, 5.41) is 8.16. The Labute approximate surface area is 213 Å². The molecule has 2 aromatic heterocycles. The number of halogens is 2. The smallest absolute Gasteiger partial charge is 0.256 e. The summed E-state index contributed by atoms with van der Waals surface area (Å²) < 4.78 is 28.7. The van der Waals surface area contributed by atoms with Crippen LogP contribution in [0.15, 0.2) is 29.3 Å². The zero-order valence-corrected chi connectivity index (χ0v) is 21.7. The van der Waals surface area contributed by atoms with Crippen LogP contribution in [0.2, 0.25) is 0 Å². The Morgan fingerprint density at radius 1 is 1.17 bits per heavy atom. The van der Waals surface area contributed by atoms with Gasteiger partial charge in [-0.25, -0.2) is 13.8 Å². The van der Waals surface area contributed by atoms with E-state index in [-0.39, 0.29) is 23.4 Å². The lowest BCUT2D eigenvalue weighted by Gasteiger charge is -2.23. The Balaban J connectivity index is 1.46. The van der Waals surface area contributed by atoms with Crippen molar-refractivity contribution in [2.24, 2.45) is 7.05 Å². The largest absolute Gasteiger partial charge is 0.337 e. The van der Waals surface area contributed by atoms with Gasteiger partial charge in [-0.05, 0) is 25.5 Å². The topological polar surface area (TPSA) is 83.4 Å². The molecule has 1 saturated heterocycles. The molecule has 11 heteroatoms. The van der Waals surface area contributed by atoms with Crippen LogP contribution in [0.3, 0.4) is 0 Å². The number of aromatic nitrogens is 3. The third kappa shape index (κ3) is 5.67. The lowest BCUT2D eigenvalue weighted by Crippen LogP contribution is -2.38. The number of nitrogens with zero attached hydrogens (tertiary/aromatic N) is 5. The van der Waals surface area contributed by atoms with Crippen LogP contribution < -0.4 is 5.32 Å². The molecule has 1 N–H and O–H groups in total. The van der Waals surface area contributed by atoms with E-state index in [1.54, 1.807) is 27.5 Å². The van der Waals surface area contributed by atoms with Crippen molar-refractivity contribution in [3.63, 3.8) is 0 Å². The number of hydrogen-bond acceptors (Lipinski definition) is 6. The highest BCUT2D eigenvalue weighted by Gasteiger charge is 2.26. The average Bonchev–Trinajstić information content (AvgIpc) is 2.96. The molecule has 1 fully saturated rings. The van der Waals surface area contributed by atoms with Gasteiger partial charge in [0.05, 0.1) is 28.9 Å². The molecular weight excluding hydrogens is 486 g/mol. The van der Waals surface area contributed by atoms with E-state index in [1.807, 2.05) is 18.9 Å². The second-order valence-corrected chi connectivity index (χ2v) is 10.8. The van der Waals surface area contributed by atoms with E-state index in [2.05, 4.69) is 29.2 Å². The van der Waals surface area contributed by atoms with Crippen molar-refractivity contribution in [2.45, 2.75) is 37.3 Å². The van der Waals surface area contributed by atoms with E-state index in [0.29, 0.717) is 38.2 Å². The van der Waals surface area contributed by atoms with E-state index in [1.165, 1.54) is 6.07 Å².